The van der Waals surface area contributed by atoms with Crippen molar-refractivity contribution in [3.63, 3.8) is 0 Å². The van der Waals surface area contributed by atoms with E-state index in [1.807, 2.05) is 24.3 Å². The molecule has 0 aromatic heterocycles. The van der Waals surface area contributed by atoms with Crippen LogP contribution in [0.2, 0.25) is 0 Å². The average molecular weight is 238 g/mol. The first kappa shape index (κ1) is 13.1. The standard InChI is InChI=1S/C13H18O2S/c1-3-4-9-16-10-13(14)11-5-7-12(15-2)8-6-11/h5-8H,3-4,9-10H2,1-2H3. The van der Waals surface area contributed by atoms with E-state index in [4.69, 9.17) is 4.74 Å². The molecule has 16 heavy (non-hydrogen) atoms. The van der Waals surface area contributed by atoms with E-state index in [9.17, 15) is 4.79 Å². The fourth-order valence-corrected chi connectivity index (χ4v) is 2.26. The van der Waals surface area contributed by atoms with E-state index < -0.39 is 0 Å². The minimum atomic E-state index is 0.198. The third kappa shape index (κ3) is 4.27. The van der Waals surface area contributed by atoms with Gasteiger partial charge in [0.2, 0.25) is 0 Å². The summed E-state index contributed by atoms with van der Waals surface area (Å²) in [5.74, 6) is 2.63. The Morgan fingerprint density at radius 2 is 2.00 bits per heavy atom. The molecule has 0 aliphatic heterocycles. The summed E-state index contributed by atoms with van der Waals surface area (Å²) in [5.41, 5.74) is 0.768. The zero-order valence-corrected chi connectivity index (χ0v) is 10.7. The molecule has 0 aliphatic carbocycles. The Labute approximate surface area is 101 Å². The van der Waals surface area contributed by atoms with E-state index in [-0.39, 0.29) is 5.78 Å². The molecular formula is C13H18O2S. The summed E-state index contributed by atoms with van der Waals surface area (Å²) in [4.78, 5) is 11.7. The Balaban J connectivity index is 2.40. The van der Waals surface area contributed by atoms with E-state index in [1.54, 1.807) is 18.9 Å². The lowest BCUT2D eigenvalue weighted by Crippen LogP contribution is -2.02. The molecule has 1 aromatic carbocycles. The quantitative estimate of drug-likeness (QED) is 0.538. The maximum Gasteiger partial charge on any atom is 0.172 e. The number of benzene rings is 1. The van der Waals surface area contributed by atoms with Crippen LogP contribution in [-0.2, 0) is 0 Å². The predicted octanol–water partition coefficient (Wildman–Crippen LogP) is 3.41. The molecule has 1 rings (SSSR count). The van der Waals surface area contributed by atoms with Crippen LogP contribution >= 0.6 is 11.8 Å². The molecule has 0 saturated heterocycles. The van der Waals surface area contributed by atoms with Crippen molar-refractivity contribution in [1.82, 2.24) is 0 Å². The number of methoxy groups -OCH3 is 1. The Hall–Kier alpha value is -0.960. The van der Waals surface area contributed by atoms with E-state index >= 15 is 0 Å². The van der Waals surface area contributed by atoms with E-state index in [0.717, 1.165) is 17.1 Å². The van der Waals surface area contributed by atoms with Gasteiger partial charge in [-0.15, -0.1) is 0 Å². The van der Waals surface area contributed by atoms with Gasteiger partial charge in [0.05, 0.1) is 12.9 Å². The second kappa shape index (κ2) is 7.34. The van der Waals surface area contributed by atoms with Crippen LogP contribution in [0.5, 0.6) is 5.75 Å². The van der Waals surface area contributed by atoms with Gasteiger partial charge in [-0.3, -0.25) is 4.79 Å². The molecule has 0 atom stereocenters. The van der Waals surface area contributed by atoms with Crippen molar-refractivity contribution >= 4 is 17.5 Å². The van der Waals surface area contributed by atoms with Crippen LogP contribution in [-0.4, -0.2) is 24.4 Å². The Morgan fingerprint density at radius 3 is 2.56 bits per heavy atom. The summed E-state index contributed by atoms with van der Waals surface area (Å²) >= 11 is 1.71. The lowest BCUT2D eigenvalue weighted by Gasteiger charge is -2.02. The third-order valence-corrected chi connectivity index (χ3v) is 3.33. The highest BCUT2D eigenvalue weighted by molar-refractivity contribution is 7.99. The molecule has 0 unspecified atom stereocenters. The number of unbranched alkanes of at least 4 members (excludes halogenated alkanes) is 1. The number of carbonyl (C=O) groups is 1. The van der Waals surface area contributed by atoms with Crippen LogP contribution in [0, 0.1) is 0 Å². The molecule has 88 valence electrons. The first-order valence-corrected chi connectivity index (χ1v) is 6.68. The molecule has 0 spiro atoms. The largest absolute Gasteiger partial charge is 0.497 e. The Morgan fingerprint density at radius 1 is 1.31 bits per heavy atom. The fraction of sp³-hybridized carbons (Fsp3) is 0.462. The highest BCUT2D eigenvalue weighted by Crippen LogP contribution is 2.14. The highest BCUT2D eigenvalue weighted by atomic mass is 32.2. The highest BCUT2D eigenvalue weighted by Gasteiger charge is 2.05. The SMILES string of the molecule is CCCCSCC(=O)c1ccc(OC)cc1. The monoisotopic (exact) mass is 238 g/mol. The molecule has 0 amide bonds. The van der Waals surface area contributed by atoms with Gasteiger partial charge in [-0.1, -0.05) is 13.3 Å². The van der Waals surface area contributed by atoms with Gasteiger partial charge >= 0.3 is 0 Å². The van der Waals surface area contributed by atoms with Crippen LogP contribution in [0.15, 0.2) is 24.3 Å². The molecule has 3 heteroatoms. The summed E-state index contributed by atoms with van der Waals surface area (Å²) in [7, 11) is 1.62. The first-order chi connectivity index (χ1) is 7.77. The number of Topliss-reactive ketones (excluding diaryl/α,β-unsaturated/α-hetero) is 1. The Kier molecular flexibility index (Phi) is 6.01. The van der Waals surface area contributed by atoms with Crippen molar-refractivity contribution in [1.29, 1.82) is 0 Å². The Bertz CT molecular complexity index is 319. The fourth-order valence-electron chi connectivity index (χ4n) is 1.27. The van der Waals surface area contributed by atoms with Gasteiger partial charge in [0.25, 0.3) is 0 Å². The van der Waals surface area contributed by atoms with Gasteiger partial charge in [-0.25, -0.2) is 0 Å². The third-order valence-electron chi connectivity index (χ3n) is 2.29. The molecule has 0 aliphatic rings. The molecule has 2 nitrogen and oxygen atoms in total. The van der Waals surface area contributed by atoms with E-state index in [0.29, 0.717) is 5.75 Å². The van der Waals surface area contributed by atoms with Crippen molar-refractivity contribution in [3.05, 3.63) is 29.8 Å². The summed E-state index contributed by atoms with van der Waals surface area (Å²) in [6, 6.07) is 7.29. The number of ketones is 1. The van der Waals surface area contributed by atoms with Gasteiger partial charge in [0.1, 0.15) is 5.75 Å². The van der Waals surface area contributed by atoms with Crippen molar-refractivity contribution in [2.75, 3.05) is 18.6 Å². The van der Waals surface area contributed by atoms with Crippen molar-refractivity contribution in [3.8, 4) is 5.75 Å². The second-order valence-electron chi connectivity index (χ2n) is 3.56. The maximum absolute atomic E-state index is 11.7. The normalized spacial score (nSPS) is 10.1. The molecule has 0 fully saturated rings. The van der Waals surface area contributed by atoms with Crippen LogP contribution in [0.4, 0.5) is 0 Å². The minimum Gasteiger partial charge on any atom is -0.497 e. The van der Waals surface area contributed by atoms with E-state index in [1.165, 1.54) is 12.8 Å². The number of rotatable bonds is 7. The zero-order valence-electron chi connectivity index (χ0n) is 9.86. The maximum atomic E-state index is 11.7. The number of hydrogen-bond acceptors (Lipinski definition) is 3. The summed E-state index contributed by atoms with van der Waals surface area (Å²) in [6.07, 6.45) is 2.37. The van der Waals surface area contributed by atoms with Crippen LogP contribution < -0.4 is 4.74 Å². The summed E-state index contributed by atoms with van der Waals surface area (Å²) < 4.78 is 5.05. The van der Waals surface area contributed by atoms with Gasteiger partial charge < -0.3 is 4.74 Å². The second-order valence-corrected chi connectivity index (χ2v) is 4.66. The molecule has 0 radical (unpaired) electrons. The molecule has 0 saturated carbocycles. The number of hydrogen-bond donors (Lipinski definition) is 0. The van der Waals surface area contributed by atoms with Gasteiger partial charge in [-0.2, -0.15) is 11.8 Å². The lowest BCUT2D eigenvalue weighted by atomic mass is 10.1. The first-order valence-electron chi connectivity index (χ1n) is 5.53. The number of carbonyl (C=O) groups excluding carboxylic acids is 1. The summed E-state index contributed by atoms with van der Waals surface area (Å²) in [5, 5.41) is 0. The van der Waals surface area contributed by atoms with Crippen LogP contribution in [0.3, 0.4) is 0 Å². The zero-order chi connectivity index (χ0) is 11.8. The minimum absolute atomic E-state index is 0.198. The molecule has 0 N–H and O–H groups in total. The van der Waals surface area contributed by atoms with Crippen LogP contribution in [0.25, 0.3) is 0 Å². The van der Waals surface area contributed by atoms with Crippen molar-refractivity contribution < 1.29 is 9.53 Å². The molecular weight excluding hydrogens is 220 g/mol. The summed E-state index contributed by atoms with van der Waals surface area (Å²) in [6.45, 7) is 2.16. The number of ether oxygens (including phenoxy) is 1. The smallest absolute Gasteiger partial charge is 0.172 e. The lowest BCUT2D eigenvalue weighted by molar-refractivity contribution is 0.102. The predicted molar refractivity (Wildman–Crippen MR) is 69.6 cm³/mol. The van der Waals surface area contributed by atoms with Crippen molar-refractivity contribution in [2.45, 2.75) is 19.8 Å². The van der Waals surface area contributed by atoms with Crippen LogP contribution in [0.1, 0.15) is 30.1 Å². The topological polar surface area (TPSA) is 26.3 Å². The van der Waals surface area contributed by atoms with Crippen molar-refractivity contribution in [2.24, 2.45) is 0 Å². The van der Waals surface area contributed by atoms with Gasteiger partial charge in [0.15, 0.2) is 5.78 Å². The molecule has 0 bridgehead atoms. The van der Waals surface area contributed by atoms with Gasteiger partial charge in [-0.05, 0) is 36.4 Å². The average Bonchev–Trinajstić information content (AvgIpc) is 2.34. The number of thioether (sulfide) groups is 1. The molecule has 1 aromatic rings. The molecule has 0 heterocycles. The van der Waals surface area contributed by atoms with Gasteiger partial charge in [0, 0.05) is 5.56 Å². The van der Waals surface area contributed by atoms with E-state index in [2.05, 4.69) is 6.92 Å².